The molecule has 2 rings (SSSR count). The summed E-state index contributed by atoms with van der Waals surface area (Å²) in [5, 5.41) is 12.3. The minimum atomic E-state index is -0.0986. The van der Waals surface area contributed by atoms with Gasteiger partial charge in [-0.1, -0.05) is 44.2 Å². The number of nitrogens with two attached hydrogens (primary N) is 1. The lowest BCUT2D eigenvalue weighted by Gasteiger charge is -2.17. The van der Waals surface area contributed by atoms with Crippen molar-refractivity contribution < 1.29 is 5.11 Å². The molecule has 3 N–H and O–H groups in total. The Kier molecular flexibility index (Phi) is 3.87. The molecule has 0 saturated heterocycles. The van der Waals surface area contributed by atoms with Crippen LogP contribution in [0.25, 0.3) is 10.8 Å². The zero-order valence-electron chi connectivity index (χ0n) is 11.1. The van der Waals surface area contributed by atoms with Gasteiger partial charge in [0, 0.05) is 11.6 Å². The van der Waals surface area contributed by atoms with Crippen LogP contribution in [0.15, 0.2) is 36.4 Å². The second-order valence-corrected chi connectivity index (χ2v) is 5.30. The molecule has 0 heterocycles. The van der Waals surface area contributed by atoms with Crippen LogP contribution in [0, 0.1) is 5.92 Å². The highest BCUT2D eigenvalue weighted by molar-refractivity contribution is 5.88. The minimum absolute atomic E-state index is 0.0986. The fourth-order valence-corrected chi connectivity index (χ4v) is 2.33. The molecular weight excluding hydrogens is 222 g/mol. The summed E-state index contributed by atoms with van der Waals surface area (Å²) in [4.78, 5) is 0. The lowest BCUT2D eigenvalue weighted by molar-refractivity contribution is 0.450. The maximum absolute atomic E-state index is 10.1. The Bertz CT molecular complexity index is 534. The second kappa shape index (κ2) is 5.40. The van der Waals surface area contributed by atoms with Crippen LogP contribution in [-0.4, -0.2) is 5.11 Å². The number of phenolic OH excluding ortho intramolecular Hbond substituents is 1. The van der Waals surface area contributed by atoms with Gasteiger partial charge in [-0.2, -0.15) is 0 Å². The molecule has 2 heteroatoms. The van der Waals surface area contributed by atoms with Gasteiger partial charge in [0.25, 0.3) is 0 Å². The number of rotatable bonds is 4. The van der Waals surface area contributed by atoms with Crippen LogP contribution in [0.5, 0.6) is 5.75 Å². The first-order chi connectivity index (χ1) is 8.59. The number of aromatic hydroxyl groups is 1. The fraction of sp³-hybridized carbons (Fsp3) is 0.375. The minimum Gasteiger partial charge on any atom is -0.508 e. The van der Waals surface area contributed by atoms with E-state index in [0.717, 1.165) is 29.2 Å². The topological polar surface area (TPSA) is 46.2 Å². The zero-order valence-corrected chi connectivity index (χ0v) is 11.1. The van der Waals surface area contributed by atoms with Crippen molar-refractivity contribution in [1.29, 1.82) is 0 Å². The van der Waals surface area contributed by atoms with Crippen molar-refractivity contribution in [3.05, 3.63) is 42.0 Å². The molecule has 18 heavy (non-hydrogen) atoms. The molecule has 0 aliphatic rings. The Morgan fingerprint density at radius 1 is 1.06 bits per heavy atom. The molecule has 2 aromatic carbocycles. The van der Waals surface area contributed by atoms with Crippen LogP contribution in [-0.2, 0) is 0 Å². The van der Waals surface area contributed by atoms with Crippen molar-refractivity contribution in [2.75, 3.05) is 0 Å². The molecule has 0 amide bonds. The Hall–Kier alpha value is -1.54. The first-order valence-corrected chi connectivity index (χ1v) is 6.55. The molecule has 0 fully saturated rings. The van der Waals surface area contributed by atoms with Gasteiger partial charge < -0.3 is 10.8 Å². The van der Waals surface area contributed by atoms with Gasteiger partial charge >= 0.3 is 0 Å². The third-order valence-electron chi connectivity index (χ3n) is 3.37. The van der Waals surface area contributed by atoms with E-state index in [0.29, 0.717) is 11.7 Å². The van der Waals surface area contributed by atoms with Crippen molar-refractivity contribution >= 4 is 10.8 Å². The van der Waals surface area contributed by atoms with E-state index in [4.69, 9.17) is 5.73 Å². The third-order valence-corrected chi connectivity index (χ3v) is 3.37. The molecule has 0 saturated carbocycles. The summed E-state index contributed by atoms with van der Waals surface area (Å²) in [6, 6.07) is 11.6. The average Bonchev–Trinajstić information content (AvgIpc) is 2.36. The van der Waals surface area contributed by atoms with E-state index < -0.39 is 0 Å². The molecule has 0 spiro atoms. The second-order valence-electron chi connectivity index (χ2n) is 5.30. The lowest BCUT2D eigenvalue weighted by atomic mass is 9.93. The number of fused-ring (bicyclic) bond motifs is 1. The quantitative estimate of drug-likeness (QED) is 0.853. The summed E-state index contributed by atoms with van der Waals surface area (Å²) in [7, 11) is 0. The Balaban J connectivity index is 2.39. The van der Waals surface area contributed by atoms with Crippen LogP contribution in [0.4, 0.5) is 0 Å². The predicted octanol–water partition coefficient (Wildman–Crippen LogP) is 3.98. The molecule has 0 aliphatic heterocycles. The van der Waals surface area contributed by atoms with Gasteiger partial charge in [0.1, 0.15) is 5.75 Å². The number of phenols is 1. The van der Waals surface area contributed by atoms with Crippen LogP contribution in [0.1, 0.15) is 38.3 Å². The molecule has 0 bridgehead atoms. The number of hydrogen-bond donors (Lipinski definition) is 2. The molecule has 0 aromatic heterocycles. The van der Waals surface area contributed by atoms with Crippen molar-refractivity contribution in [3.63, 3.8) is 0 Å². The Morgan fingerprint density at radius 3 is 2.50 bits per heavy atom. The molecule has 0 aliphatic carbocycles. The van der Waals surface area contributed by atoms with Crippen molar-refractivity contribution in [1.82, 2.24) is 0 Å². The van der Waals surface area contributed by atoms with E-state index in [2.05, 4.69) is 13.8 Å². The summed E-state index contributed by atoms with van der Waals surface area (Å²) in [5.41, 5.74) is 7.13. The summed E-state index contributed by atoms with van der Waals surface area (Å²) in [6.45, 7) is 4.38. The summed E-state index contributed by atoms with van der Waals surface area (Å²) < 4.78 is 0. The highest BCUT2D eigenvalue weighted by Crippen LogP contribution is 2.33. The van der Waals surface area contributed by atoms with Gasteiger partial charge in [-0.15, -0.1) is 0 Å². The monoisotopic (exact) mass is 243 g/mol. The van der Waals surface area contributed by atoms with Crippen LogP contribution < -0.4 is 5.73 Å². The van der Waals surface area contributed by atoms with E-state index in [1.54, 1.807) is 6.07 Å². The maximum atomic E-state index is 10.1. The molecule has 0 radical (unpaired) electrons. The largest absolute Gasteiger partial charge is 0.508 e. The molecular formula is C16H21NO. The van der Waals surface area contributed by atoms with Gasteiger partial charge in [-0.3, -0.25) is 0 Å². The maximum Gasteiger partial charge on any atom is 0.120 e. The van der Waals surface area contributed by atoms with E-state index in [1.807, 2.05) is 30.3 Å². The highest BCUT2D eigenvalue weighted by Gasteiger charge is 2.14. The molecule has 0 unspecified atom stereocenters. The van der Waals surface area contributed by atoms with Crippen LogP contribution in [0.3, 0.4) is 0 Å². The molecule has 2 aromatic rings. The third kappa shape index (κ3) is 2.65. The van der Waals surface area contributed by atoms with Gasteiger partial charge in [0.2, 0.25) is 0 Å². The molecule has 96 valence electrons. The molecule has 2 nitrogen and oxygen atoms in total. The first kappa shape index (κ1) is 12.9. The van der Waals surface area contributed by atoms with Gasteiger partial charge in [-0.25, -0.2) is 0 Å². The number of hydrogen-bond acceptors (Lipinski definition) is 2. The Morgan fingerprint density at radius 2 is 1.78 bits per heavy atom. The van der Waals surface area contributed by atoms with E-state index in [-0.39, 0.29) is 6.04 Å². The highest BCUT2D eigenvalue weighted by atomic mass is 16.3. The average molecular weight is 243 g/mol. The van der Waals surface area contributed by atoms with Crippen molar-refractivity contribution in [2.24, 2.45) is 11.7 Å². The Labute approximate surface area is 108 Å². The van der Waals surface area contributed by atoms with E-state index in [1.165, 1.54) is 0 Å². The van der Waals surface area contributed by atoms with E-state index >= 15 is 0 Å². The van der Waals surface area contributed by atoms with Gasteiger partial charge in [-0.05, 0) is 35.6 Å². The normalized spacial score (nSPS) is 13.1. The lowest BCUT2D eigenvalue weighted by Crippen LogP contribution is -2.12. The van der Waals surface area contributed by atoms with Gasteiger partial charge in [0.15, 0.2) is 0 Å². The summed E-state index contributed by atoms with van der Waals surface area (Å²) in [6.07, 6.45) is 1.98. The van der Waals surface area contributed by atoms with Gasteiger partial charge in [0.05, 0.1) is 0 Å². The smallest absolute Gasteiger partial charge is 0.120 e. The zero-order chi connectivity index (χ0) is 13.1. The molecule has 1 atom stereocenters. The van der Waals surface area contributed by atoms with E-state index in [9.17, 15) is 5.11 Å². The van der Waals surface area contributed by atoms with Crippen molar-refractivity contribution in [3.8, 4) is 5.75 Å². The first-order valence-electron chi connectivity index (χ1n) is 6.55. The summed E-state index contributed by atoms with van der Waals surface area (Å²) >= 11 is 0. The predicted molar refractivity (Wildman–Crippen MR) is 76.6 cm³/mol. The SMILES string of the molecule is CC(C)CC[C@@H](N)c1c(O)ccc2ccccc12. The fourth-order valence-electron chi connectivity index (χ4n) is 2.33. The van der Waals surface area contributed by atoms with Crippen LogP contribution in [0.2, 0.25) is 0 Å². The number of benzene rings is 2. The summed E-state index contributed by atoms with van der Waals surface area (Å²) in [5.74, 6) is 0.943. The van der Waals surface area contributed by atoms with Crippen molar-refractivity contribution in [2.45, 2.75) is 32.7 Å². The standard InChI is InChI=1S/C16H21NO/c1-11(2)7-9-14(17)16-13-6-4-3-5-12(13)8-10-15(16)18/h3-6,8,10-11,14,18H,7,9,17H2,1-2H3/t14-/m1/s1. The van der Waals surface area contributed by atoms with Crippen LogP contribution >= 0.6 is 0 Å².